The van der Waals surface area contributed by atoms with E-state index in [1.54, 1.807) is 0 Å². The fraction of sp³-hybridized carbons (Fsp3) is 0.600. The van der Waals surface area contributed by atoms with E-state index in [2.05, 4.69) is 35.1 Å². The Balaban J connectivity index is 1.91. The maximum absolute atomic E-state index is 13.0. The normalized spacial score (nSPS) is 28.3. The molecule has 0 heterocycles. The van der Waals surface area contributed by atoms with Crippen molar-refractivity contribution in [3.8, 4) is 0 Å². The van der Waals surface area contributed by atoms with Gasteiger partial charge in [0.15, 0.2) is 0 Å². The van der Waals surface area contributed by atoms with Crippen LogP contribution in [-0.2, 0) is 6.54 Å². The van der Waals surface area contributed by atoms with Crippen LogP contribution < -0.4 is 5.32 Å². The third-order valence-corrected chi connectivity index (χ3v) is 4.51. The van der Waals surface area contributed by atoms with Gasteiger partial charge in [0.2, 0.25) is 0 Å². The molecular formula is C15H21BrFN. The molecule has 0 saturated heterocycles. The van der Waals surface area contributed by atoms with E-state index >= 15 is 0 Å². The van der Waals surface area contributed by atoms with Crippen molar-refractivity contribution in [1.82, 2.24) is 5.32 Å². The molecule has 1 aliphatic rings. The quantitative estimate of drug-likeness (QED) is 0.866. The predicted molar refractivity (Wildman–Crippen MR) is 76.9 cm³/mol. The largest absolute Gasteiger partial charge is 0.310 e. The standard InChI is InChI=1S/C15H21BrFN/c1-10-5-11(2)7-14(6-10)18-9-12-3-4-13(17)8-15(12)16/h3-4,8,10-11,14,18H,5-7,9H2,1-2H3. The molecule has 0 aliphatic heterocycles. The second-order valence-electron chi connectivity index (χ2n) is 5.73. The molecule has 1 fully saturated rings. The highest BCUT2D eigenvalue weighted by atomic mass is 79.9. The molecule has 3 heteroatoms. The topological polar surface area (TPSA) is 12.0 Å². The van der Waals surface area contributed by atoms with E-state index in [1.165, 1.54) is 31.4 Å². The van der Waals surface area contributed by atoms with Gasteiger partial charge < -0.3 is 5.32 Å². The highest BCUT2D eigenvalue weighted by Crippen LogP contribution is 2.29. The molecule has 2 rings (SSSR count). The zero-order chi connectivity index (χ0) is 13.1. The maximum atomic E-state index is 13.0. The van der Waals surface area contributed by atoms with Gasteiger partial charge in [-0.25, -0.2) is 4.39 Å². The summed E-state index contributed by atoms with van der Waals surface area (Å²) in [7, 11) is 0. The highest BCUT2D eigenvalue weighted by molar-refractivity contribution is 9.10. The van der Waals surface area contributed by atoms with Gasteiger partial charge in [-0.05, 0) is 48.8 Å². The Hall–Kier alpha value is -0.410. The lowest BCUT2D eigenvalue weighted by Crippen LogP contribution is -2.35. The Bertz CT molecular complexity index is 397. The van der Waals surface area contributed by atoms with Crippen molar-refractivity contribution in [3.05, 3.63) is 34.1 Å². The summed E-state index contributed by atoms with van der Waals surface area (Å²) < 4.78 is 13.8. The minimum absolute atomic E-state index is 0.189. The van der Waals surface area contributed by atoms with E-state index in [0.717, 1.165) is 28.4 Å². The molecule has 18 heavy (non-hydrogen) atoms. The Morgan fingerprint density at radius 3 is 2.50 bits per heavy atom. The molecule has 0 radical (unpaired) electrons. The Kier molecular flexibility index (Phi) is 4.79. The molecule has 0 amide bonds. The lowest BCUT2D eigenvalue weighted by atomic mass is 9.80. The number of rotatable bonds is 3. The number of halogens is 2. The molecule has 0 aromatic heterocycles. The number of nitrogens with one attached hydrogen (secondary N) is 1. The Morgan fingerprint density at radius 1 is 1.22 bits per heavy atom. The van der Waals surface area contributed by atoms with Gasteiger partial charge in [0.25, 0.3) is 0 Å². The molecule has 1 aromatic rings. The second kappa shape index (κ2) is 6.16. The smallest absolute Gasteiger partial charge is 0.124 e. The first kappa shape index (κ1) is 14.0. The summed E-state index contributed by atoms with van der Waals surface area (Å²) in [5.74, 6) is 1.43. The first-order chi connectivity index (χ1) is 8.54. The van der Waals surface area contributed by atoms with Gasteiger partial charge in [-0.1, -0.05) is 35.8 Å². The van der Waals surface area contributed by atoms with Crippen LogP contribution >= 0.6 is 15.9 Å². The molecule has 1 aromatic carbocycles. The fourth-order valence-electron chi connectivity index (χ4n) is 3.03. The number of hydrogen-bond donors (Lipinski definition) is 1. The van der Waals surface area contributed by atoms with Gasteiger partial charge >= 0.3 is 0 Å². The lowest BCUT2D eigenvalue weighted by Gasteiger charge is -2.32. The van der Waals surface area contributed by atoms with Gasteiger partial charge in [0.05, 0.1) is 0 Å². The van der Waals surface area contributed by atoms with Crippen molar-refractivity contribution in [1.29, 1.82) is 0 Å². The van der Waals surface area contributed by atoms with Crippen molar-refractivity contribution < 1.29 is 4.39 Å². The van der Waals surface area contributed by atoms with Crippen LogP contribution in [0.1, 0.15) is 38.7 Å². The minimum atomic E-state index is -0.189. The maximum Gasteiger partial charge on any atom is 0.124 e. The molecule has 1 saturated carbocycles. The van der Waals surface area contributed by atoms with Crippen LogP contribution in [0.15, 0.2) is 22.7 Å². The van der Waals surface area contributed by atoms with Crippen molar-refractivity contribution >= 4 is 15.9 Å². The first-order valence-corrected chi connectivity index (χ1v) is 7.51. The summed E-state index contributed by atoms with van der Waals surface area (Å²) in [4.78, 5) is 0. The summed E-state index contributed by atoms with van der Waals surface area (Å²) in [5, 5.41) is 3.61. The van der Waals surface area contributed by atoms with Crippen molar-refractivity contribution in [2.45, 2.75) is 45.7 Å². The van der Waals surface area contributed by atoms with Crippen LogP contribution in [-0.4, -0.2) is 6.04 Å². The molecule has 2 atom stereocenters. The second-order valence-corrected chi connectivity index (χ2v) is 6.59. The van der Waals surface area contributed by atoms with Crippen molar-refractivity contribution in [3.63, 3.8) is 0 Å². The van der Waals surface area contributed by atoms with Gasteiger partial charge in [-0.2, -0.15) is 0 Å². The van der Waals surface area contributed by atoms with Crippen LogP contribution in [0.2, 0.25) is 0 Å². The molecule has 2 unspecified atom stereocenters. The zero-order valence-electron chi connectivity index (χ0n) is 11.0. The number of hydrogen-bond acceptors (Lipinski definition) is 1. The third-order valence-electron chi connectivity index (χ3n) is 3.77. The van der Waals surface area contributed by atoms with Gasteiger partial charge in [-0.15, -0.1) is 0 Å². The molecule has 1 aliphatic carbocycles. The van der Waals surface area contributed by atoms with E-state index in [0.29, 0.717) is 6.04 Å². The first-order valence-electron chi connectivity index (χ1n) is 6.72. The zero-order valence-corrected chi connectivity index (χ0v) is 12.6. The lowest BCUT2D eigenvalue weighted by molar-refractivity contribution is 0.238. The van der Waals surface area contributed by atoms with Crippen LogP contribution in [0.5, 0.6) is 0 Å². The summed E-state index contributed by atoms with van der Waals surface area (Å²) in [5.41, 5.74) is 1.13. The van der Waals surface area contributed by atoms with Gasteiger partial charge in [0, 0.05) is 17.1 Å². The van der Waals surface area contributed by atoms with Gasteiger partial charge in [-0.3, -0.25) is 0 Å². The molecule has 0 spiro atoms. The predicted octanol–water partition coefficient (Wildman–Crippen LogP) is 4.50. The van der Waals surface area contributed by atoms with Crippen LogP contribution in [0.3, 0.4) is 0 Å². The molecule has 0 bridgehead atoms. The molecule has 1 nitrogen and oxygen atoms in total. The fourth-order valence-corrected chi connectivity index (χ4v) is 3.52. The summed E-state index contributed by atoms with van der Waals surface area (Å²) in [6.45, 7) is 5.47. The molecule has 100 valence electrons. The summed E-state index contributed by atoms with van der Waals surface area (Å²) in [6.07, 6.45) is 3.85. The average Bonchev–Trinajstić information content (AvgIpc) is 2.26. The SMILES string of the molecule is CC1CC(C)CC(NCc2ccc(F)cc2Br)C1. The van der Waals surface area contributed by atoms with E-state index in [4.69, 9.17) is 0 Å². The van der Waals surface area contributed by atoms with Gasteiger partial charge in [0.1, 0.15) is 5.82 Å². The molecular weight excluding hydrogens is 293 g/mol. The van der Waals surface area contributed by atoms with Crippen LogP contribution in [0.25, 0.3) is 0 Å². The minimum Gasteiger partial charge on any atom is -0.310 e. The Labute approximate surface area is 117 Å². The third kappa shape index (κ3) is 3.79. The van der Waals surface area contributed by atoms with E-state index in [-0.39, 0.29) is 5.82 Å². The summed E-state index contributed by atoms with van der Waals surface area (Å²) >= 11 is 3.42. The average molecular weight is 314 g/mol. The highest BCUT2D eigenvalue weighted by Gasteiger charge is 2.23. The molecule has 1 N–H and O–H groups in total. The Morgan fingerprint density at radius 2 is 1.89 bits per heavy atom. The van der Waals surface area contributed by atoms with Crippen LogP contribution in [0.4, 0.5) is 4.39 Å². The van der Waals surface area contributed by atoms with Crippen molar-refractivity contribution in [2.24, 2.45) is 11.8 Å². The van der Waals surface area contributed by atoms with E-state index in [1.807, 2.05) is 6.07 Å². The van der Waals surface area contributed by atoms with E-state index in [9.17, 15) is 4.39 Å². The monoisotopic (exact) mass is 313 g/mol. The van der Waals surface area contributed by atoms with E-state index < -0.39 is 0 Å². The number of benzene rings is 1. The summed E-state index contributed by atoms with van der Waals surface area (Å²) in [6, 6.07) is 5.50. The van der Waals surface area contributed by atoms with Crippen molar-refractivity contribution in [2.75, 3.05) is 0 Å². The van der Waals surface area contributed by atoms with Crippen LogP contribution in [0, 0.1) is 17.7 Å².